The number of aromatic nitrogens is 1. The Morgan fingerprint density at radius 1 is 1.18 bits per heavy atom. The largest absolute Gasteiger partial charge is 0.481 e. The van der Waals surface area contributed by atoms with Crippen LogP contribution in [-0.2, 0) is 19.1 Å². The average Bonchev–Trinajstić information content (AvgIpc) is 3.48. The van der Waals surface area contributed by atoms with Crippen LogP contribution in [0.3, 0.4) is 0 Å². The number of amides is 3. The third-order valence-electron chi connectivity index (χ3n) is 6.56. The van der Waals surface area contributed by atoms with E-state index in [1.807, 2.05) is 4.90 Å². The average molecular weight is 526 g/mol. The van der Waals surface area contributed by atoms with Crippen molar-refractivity contribution in [3.63, 3.8) is 0 Å². The number of pyridine rings is 1. The minimum absolute atomic E-state index is 0.254. The molecule has 12 heteroatoms. The summed E-state index contributed by atoms with van der Waals surface area (Å²) in [7, 11) is 1.34. The van der Waals surface area contributed by atoms with E-state index in [0.717, 1.165) is 6.42 Å². The summed E-state index contributed by atoms with van der Waals surface area (Å²) in [6.07, 6.45) is 3.20. The van der Waals surface area contributed by atoms with E-state index in [2.05, 4.69) is 15.6 Å². The molecule has 3 N–H and O–H groups in total. The number of rotatable bonds is 8. The van der Waals surface area contributed by atoms with Crippen LogP contribution in [0, 0.1) is 0 Å². The molecule has 3 heterocycles. The molecule has 0 bridgehead atoms. The van der Waals surface area contributed by atoms with Crippen LogP contribution in [0.5, 0.6) is 0 Å². The van der Waals surface area contributed by atoms with Gasteiger partial charge in [-0.2, -0.15) is 0 Å². The van der Waals surface area contributed by atoms with Gasteiger partial charge < -0.3 is 35.0 Å². The molecule has 38 heavy (non-hydrogen) atoms. The lowest BCUT2D eigenvalue weighted by molar-refractivity contribution is -0.137. The van der Waals surface area contributed by atoms with Gasteiger partial charge >= 0.3 is 12.1 Å². The van der Waals surface area contributed by atoms with E-state index in [9.17, 15) is 24.3 Å². The Labute approximate surface area is 219 Å². The molecular formula is C26H31N5O7. The summed E-state index contributed by atoms with van der Waals surface area (Å²) in [5, 5.41) is 15.0. The van der Waals surface area contributed by atoms with Crippen molar-refractivity contribution >= 4 is 35.3 Å². The monoisotopic (exact) mass is 525 g/mol. The normalized spacial score (nSPS) is 18.0. The van der Waals surface area contributed by atoms with E-state index in [1.165, 1.54) is 13.3 Å². The van der Waals surface area contributed by atoms with E-state index in [1.54, 1.807) is 41.4 Å². The van der Waals surface area contributed by atoms with Crippen molar-refractivity contribution in [3.8, 4) is 0 Å². The van der Waals surface area contributed by atoms with Crippen molar-refractivity contribution in [2.45, 2.75) is 31.4 Å². The summed E-state index contributed by atoms with van der Waals surface area (Å²) < 4.78 is 10.3. The smallest absolute Gasteiger partial charge is 0.409 e. The third kappa shape index (κ3) is 6.57. The highest BCUT2D eigenvalue weighted by atomic mass is 16.5. The lowest BCUT2D eigenvalue weighted by Crippen LogP contribution is -2.49. The number of carbonyl (C=O) groups excluding carboxylic acids is 3. The predicted octanol–water partition coefficient (Wildman–Crippen LogP) is 2.03. The van der Waals surface area contributed by atoms with Gasteiger partial charge in [-0.1, -0.05) is 6.07 Å². The molecule has 1 aromatic heterocycles. The summed E-state index contributed by atoms with van der Waals surface area (Å²) >= 11 is 0. The molecular weight excluding hydrogens is 494 g/mol. The van der Waals surface area contributed by atoms with E-state index in [4.69, 9.17) is 9.47 Å². The SMILES string of the molecule is COC(=O)N1CCN(c2ccc(C(=O)NC(CC(=O)O)c3cccnc3)cc2NC(=O)C2CCCO2)CC1. The Kier molecular flexibility index (Phi) is 8.74. The number of nitrogens with zero attached hydrogens (tertiary/aromatic N) is 3. The number of carboxylic acids is 1. The zero-order valence-corrected chi connectivity index (χ0v) is 21.1. The van der Waals surface area contributed by atoms with E-state index >= 15 is 0 Å². The van der Waals surface area contributed by atoms with Crippen molar-refractivity contribution in [1.82, 2.24) is 15.2 Å². The summed E-state index contributed by atoms with van der Waals surface area (Å²) in [6, 6.07) is 7.52. The van der Waals surface area contributed by atoms with Crippen molar-refractivity contribution in [1.29, 1.82) is 0 Å². The lowest BCUT2D eigenvalue weighted by atomic mass is 10.0. The Balaban J connectivity index is 1.57. The zero-order valence-electron chi connectivity index (χ0n) is 21.1. The number of nitrogens with one attached hydrogen (secondary N) is 2. The van der Waals surface area contributed by atoms with Crippen LogP contribution in [0.2, 0.25) is 0 Å². The number of ether oxygens (including phenoxy) is 2. The zero-order chi connectivity index (χ0) is 27.1. The van der Waals surface area contributed by atoms with Gasteiger partial charge in [0, 0.05) is 50.7 Å². The molecule has 3 amide bonds. The molecule has 202 valence electrons. The highest BCUT2D eigenvalue weighted by molar-refractivity contribution is 6.01. The fourth-order valence-corrected chi connectivity index (χ4v) is 4.56. The molecule has 0 radical (unpaired) electrons. The van der Waals surface area contributed by atoms with Crippen molar-refractivity contribution in [2.75, 3.05) is 50.1 Å². The quantitative estimate of drug-likeness (QED) is 0.470. The number of benzene rings is 1. The molecule has 2 aromatic rings. The van der Waals surface area contributed by atoms with Crippen molar-refractivity contribution < 1.29 is 33.8 Å². The standard InChI is InChI=1S/C26H31N5O7/c1-37-26(36)31-11-9-30(10-12-31)21-7-6-17(14-20(21)29-25(35)22-5-3-13-38-22)24(34)28-19(15-23(32)33)18-4-2-8-27-16-18/h2,4,6-8,14,16,19,22H,3,5,9-13,15H2,1H3,(H,28,34)(H,29,35)(H,32,33). The second kappa shape index (κ2) is 12.4. The molecule has 0 spiro atoms. The van der Waals surface area contributed by atoms with E-state index in [-0.39, 0.29) is 17.9 Å². The van der Waals surface area contributed by atoms with Crippen LogP contribution in [-0.4, -0.2) is 84.9 Å². The highest BCUT2D eigenvalue weighted by Gasteiger charge is 2.28. The number of carboxylic acid groups (broad SMARTS) is 1. The van der Waals surface area contributed by atoms with Gasteiger partial charge in [0.2, 0.25) is 0 Å². The third-order valence-corrected chi connectivity index (χ3v) is 6.56. The summed E-state index contributed by atoms with van der Waals surface area (Å²) in [5.41, 5.74) is 1.95. The summed E-state index contributed by atoms with van der Waals surface area (Å²) in [5.74, 6) is -1.85. The van der Waals surface area contributed by atoms with Crippen molar-refractivity contribution in [2.24, 2.45) is 0 Å². The number of anilines is 2. The molecule has 2 aliphatic rings. The van der Waals surface area contributed by atoms with Crippen LogP contribution < -0.4 is 15.5 Å². The Morgan fingerprint density at radius 2 is 1.97 bits per heavy atom. The highest BCUT2D eigenvalue weighted by Crippen LogP contribution is 2.30. The molecule has 0 aliphatic carbocycles. The summed E-state index contributed by atoms with van der Waals surface area (Å²) in [6.45, 7) is 2.41. The number of piperazine rings is 1. The Bertz CT molecular complexity index is 1160. The fourth-order valence-electron chi connectivity index (χ4n) is 4.56. The van der Waals surface area contributed by atoms with Crippen LogP contribution >= 0.6 is 0 Å². The van der Waals surface area contributed by atoms with E-state index in [0.29, 0.717) is 56.1 Å². The Morgan fingerprint density at radius 3 is 2.61 bits per heavy atom. The number of aliphatic carboxylic acids is 1. The first-order valence-electron chi connectivity index (χ1n) is 12.4. The van der Waals surface area contributed by atoms with Crippen LogP contribution in [0.4, 0.5) is 16.2 Å². The van der Waals surface area contributed by atoms with Gasteiger partial charge in [0.1, 0.15) is 6.10 Å². The number of methoxy groups -OCH3 is 1. The minimum atomic E-state index is -1.06. The molecule has 12 nitrogen and oxygen atoms in total. The molecule has 1 aromatic carbocycles. The van der Waals surface area contributed by atoms with Gasteiger partial charge in [0.25, 0.3) is 11.8 Å². The maximum absolute atomic E-state index is 13.2. The van der Waals surface area contributed by atoms with Gasteiger partial charge in [0.05, 0.1) is 30.9 Å². The first-order valence-corrected chi connectivity index (χ1v) is 12.4. The second-order valence-electron chi connectivity index (χ2n) is 9.08. The number of hydrogen-bond donors (Lipinski definition) is 3. The van der Waals surface area contributed by atoms with Crippen LogP contribution in [0.1, 0.15) is 41.2 Å². The first-order chi connectivity index (χ1) is 18.4. The topological polar surface area (TPSA) is 150 Å². The van der Waals surface area contributed by atoms with Gasteiger partial charge in [-0.25, -0.2) is 4.79 Å². The van der Waals surface area contributed by atoms with Gasteiger partial charge in [-0.15, -0.1) is 0 Å². The van der Waals surface area contributed by atoms with Crippen LogP contribution in [0.15, 0.2) is 42.7 Å². The van der Waals surface area contributed by atoms with Crippen LogP contribution in [0.25, 0.3) is 0 Å². The van der Waals surface area contributed by atoms with Crippen molar-refractivity contribution in [3.05, 3.63) is 53.9 Å². The maximum Gasteiger partial charge on any atom is 0.409 e. The Hall–Kier alpha value is -4.19. The lowest BCUT2D eigenvalue weighted by Gasteiger charge is -2.36. The molecule has 4 rings (SSSR count). The molecule has 2 saturated heterocycles. The summed E-state index contributed by atoms with van der Waals surface area (Å²) in [4.78, 5) is 57.1. The van der Waals surface area contributed by atoms with Gasteiger partial charge in [-0.05, 0) is 42.7 Å². The maximum atomic E-state index is 13.2. The molecule has 2 fully saturated rings. The van der Waals surface area contributed by atoms with Gasteiger partial charge in [0.15, 0.2) is 0 Å². The minimum Gasteiger partial charge on any atom is -0.481 e. The van der Waals surface area contributed by atoms with Gasteiger partial charge in [-0.3, -0.25) is 19.4 Å². The molecule has 2 atom stereocenters. The van der Waals surface area contributed by atoms with E-state index < -0.39 is 30.1 Å². The predicted molar refractivity (Wildman–Crippen MR) is 137 cm³/mol. The first kappa shape index (κ1) is 26.9. The molecule has 0 saturated carbocycles. The second-order valence-corrected chi connectivity index (χ2v) is 9.08. The molecule has 2 unspecified atom stereocenters. The number of hydrogen-bond acceptors (Lipinski definition) is 8. The fraction of sp³-hybridized carbons (Fsp3) is 0.423. The number of carbonyl (C=O) groups is 4. The molecule has 2 aliphatic heterocycles.